The molecule has 0 spiro atoms. The van der Waals surface area contributed by atoms with E-state index in [0.717, 1.165) is 13.1 Å². The van der Waals surface area contributed by atoms with Crippen LogP contribution in [0.5, 0.6) is 0 Å². The van der Waals surface area contributed by atoms with Crippen LogP contribution in [-0.4, -0.2) is 16.3 Å². The van der Waals surface area contributed by atoms with Gasteiger partial charge in [0.2, 0.25) is 0 Å². The van der Waals surface area contributed by atoms with Crippen LogP contribution in [0.15, 0.2) is 24.4 Å². The van der Waals surface area contributed by atoms with Gasteiger partial charge in [0.25, 0.3) is 0 Å². The van der Waals surface area contributed by atoms with Gasteiger partial charge in [-0.15, -0.1) is 0 Å². The highest BCUT2D eigenvalue weighted by molar-refractivity contribution is 5.71. The Morgan fingerprint density at radius 3 is 2.85 bits per heavy atom. The Hall–Kier alpha value is -1.61. The molecule has 1 aromatic carbocycles. The first-order valence-electron chi connectivity index (χ1n) is 7.64. The molecule has 2 aromatic rings. The van der Waals surface area contributed by atoms with E-state index < -0.39 is 0 Å². The molecule has 1 aliphatic rings. The molecular weight excluding hydrogens is 246 g/mol. The smallest absolute Gasteiger partial charge is 0.0571 e. The van der Waals surface area contributed by atoms with E-state index in [0.29, 0.717) is 6.04 Å². The maximum absolute atomic E-state index is 4.49. The quantitative estimate of drug-likeness (QED) is 0.921. The van der Waals surface area contributed by atoms with Crippen molar-refractivity contribution < 1.29 is 0 Å². The maximum Gasteiger partial charge on any atom is 0.0571 e. The first-order valence-corrected chi connectivity index (χ1v) is 7.64. The molecule has 1 heterocycles. The van der Waals surface area contributed by atoms with Crippen molar-refractivity contribution in [2.45, 2.75) is 46.2 Å². The fourth-order valence-electron chi connectivity index (χ4n) is 3.39. The molecular formula is C17H23N3. The molecule has 3 rings (SSSR count). The number of nitrogens with one attached hydrogen (secondary N) is 1. The second kappa shape index (κ2) is 5.41. The van der Waals surface area contributed by atoms with Crippen molar-refractivity contribution in [1.82, 2.24) is 15.1 Å². The standard InChI is InChI=1S/C17H23N3/c1-4-18-17-10-9-14-13(7-6-8-15(14)17)16-11-19-20(5-2)12(16)3/h6-8,11,17-18H,4-5,9-10H2,1-3H3. The molecule has 0 fully saturated rings. The Balaban J connectivity index is 2.06. The zero-order chi connectivity index (χ0) is 14.1. The van der Waals surface area contributed by atoms with Crippen molar-refractivity contribution in [1.29, 1.82) is 0 Å². The van der Waals surface area contributed by atoms with Crippen LogP contribution in [0.4, 0.5) is 0 Å². The summed E-state index contributed by atoms with van der Waals surface area (Å²) >= 11 is 0. The molecule has 0 radical (unpaired) electrons. The lowest BCUT2D eigenvalue weighted by Gasteiger charge is -2.13. The summed E-state index contributed by atoms with van der Waals surface area (Å²) in [7, 11) is 0. The molecule has 0 aliphatic heterocycles. The minimum absolute atomic E-state index is 0.525. The summed E-state index contributed by atoms with van der Waals surface area (Å²) in [5.74, 6) is 0. The Morgan fingerprint density at radius 1 is 1.30 bits per heavy atom. The summed E-state index contributed by atoms with van der Waals surface area (Å²) in [6.45, 7) is 8.45. The highest BCUT2D eigenvalue weighted by atomic mass is 15.3. The van der Waals surface area contributed by atoms with Crippen LogP contribution in [0, 0.1) is 6.92 Å². The largest absolute Gasteiger partial charge is 0.310 e. The van der Waals surface area contributed by atoms with Crippen molar-refractivity contribution in [2.24, 2.45) is 0 Å². The van der Waals surface area contributed by atoms with E-state index in [-0.39, 0.29) is 0 Å². The van der Waals surface area contributed by atoms with Crippen LogP contribution in [0.2, 0.25) is 0 Å². The molecule has 1 unspecified atom stereocenters. The predicted molar refractivity (Wildman–Crippen MR) is 82.8 cm³/mol. The van der Waals surface area contributed by atoms with Gasteiger partial charge in [0.15, 0.2) is 0 Å². The van der Waals surface area contributed by atoms with E-state index in [1.807, 2.05) is 6.20 Å². The zero-order valence-corrected chi connectivity index (χ0v) is 12.6. The topological polar surface area (TPSA) is 29.9 Å². The minimum Gasteiger partial charge on any atom is -0.310 e. The molecule has 0 amide bonds. The lowest BCUT2D eigenvalue weighted by Crippen LogP contribution is -2.18. The van der Waals surface area contributed by atoms with Gasteiger partial charge < -0.3 is 5.32 Å². The van der Waals surface area contributed by atoms with Crippen molar-refractivity contribution in [3.63, 3.8) is 0 Å². The normalized spacial score (nSPS) is 17.4. The molecule has 0 saturated heterocycles. The van der Waals surface area contributed by atoms with Crippen LogP contribution in [-0.2, 0) is 13.0 Å². The molecule has 106 valence electrons. The summed E-state index contributed by atoms with van der Waals surface area (Å²) in [5.41, 5.74) is 6.93. The predicted octanol–water partition coefficient (Wildman–Crippen LogP) is 3.48. The van der Waals surface area contributed by atoms with Gasteiger partial charge in [0.05, 0.1) is 6.20 Å². The summed E-state index contributed by atoms with van der Waals surface area (Å²) in [4.78, 5) is 0. The lowest BCUT2D eigenvalue weighted by molar-refractivity contribution is 0.549. The average Bonchev–Trinajstić information content (AvgIpc) is 3.03. The third-order valence-electron chi connectivity index (χ3n) is 4.41. The van der Waals surface area contributed by atoms with Gasteiger partial charge in [-0.3, -0.25) is 4.68 Å². The van der Waals surface area contributed by atoms with E-state index in [1.54, 1.807) is 0 Å². The van der Waals surface area contributed by atoms with Gasteiger partial charge in [-0.25, -0.2) is 0 Å². The Labute approximate surface area is 121 Å². The van der Waals surface area contributed by atoms with Crippen LogP contribution in [0.3, 0.4) is 0 Å². The summed E-state index contributed by atoms with van der Waals surface area (Å²) in [5, 5.41) is 8.08. The summed E-state index contributed by atoms with van der Waals surface area (Å²) in [6, 6.07) is 7.24. The molecule has 20 heavy (non-hydrogen) atoms. The van der Waals surface area contributed by atoms with Gasteiger partial charge in [0.1, 0.15) is 0 Å². The second-order valence-corrected chi connectivity index (χ2v) is 5.48. The van der Waals surface area contributed by atoms with E-state index >= 15 is 0 Å². The summed E-state index contributed by atoms with van der Waals surface area (Å²) in [6.07, 6.45) is 4.40. The SMILES string of the molecule is CCNC1CCc2c(-c3cnn(CC)c3C)cccc21. The highest BCUT2D eigenvalue weighted by Gasteiger charge is 2.25. The van der Waals surface area contributed by atoms with E-state index in [1.165, 1.54) is 40.8 Å². The molecule has 1 N–H and O–H groups in total. The van der Waals surface area contributed by atoms with Crippen LogP contribution in [0.25, 0.3) is 11.1 Å². The van der Waals surface area contributed by atoms with Crippen molar-refractivity contribution in [2.75, 3.05) is 6.54 Å². The van der Waals surface area contributed by atoms with E-state index in [9.17, 15) is 0 Å². The Morgan fingerprint density at radius 2 is 2.15 bits per heavy atom. The van der Waals surface area contributed by atoms with Crippen LogP contribution >= 0.6 is 0 Å². The highest BCUT2D eigenvalue weighted by Crippen LogP contribution is 2.38. The number of aromatic nitrogens is 2. The average molecular weight is 269 g/mol. The Kier molecular flexibility index (Phi) is 3.62. The molecule has 3 heteroatoms. The number of hydrogen-bond acceptors (Lipinski definition) is 2. The Bertz CT molecular complexity index is 613. The number of nitrogens with zero attached hydrogens (tertiary/aromatic N) is 2. The van der Waals surface area contributed by atoms with Gasteiger partial charge in [0, 0.05) is 23.8 Å². The van der Waals surface area contributed by atoms with Gasteiger partial charge in [-0.05, 0) is 49.9 Å². The van der Waals surface area contributed by atoms with Crippen LogP contribution < -0.4 is 5.32 Å². The molecule has 0 saturated carbocycles. The van der Waals surface area contributed by atoms with Gasteiger partial charge in [-0.1, -0.05) is 25.1 Å². The molecule has 0 bridgehead atoms. The maximum atomic E-state index is 4.49. The van der Waals surface area contributed by atoms with Crippen molar-refractivity contribution in [3.8, 4) is 11.1 Å². The lowest BCUT2D eigenvalue weighted by atomic mass is 9.97. The van der Waals surface area contributed by atoms with E-state index in [4.69, 9.17) is 0 Å². The third-order valence-corrected chi connectivity index (χ3v) is 4.41. The molecule has 1 atom stereocenters. The number of hydrogen-bond donors (Lipinski definition) is 1. The van der Waals surface area contributed by atoms with Gasteiger partial charge >= 0.3 is 0 Å². The molecule has 1 aliphatic carbocycles. The molecule has 3 nitrogen and oxygen atoms in total. The fourth-order valence-corrected chi connectivity index (χ4v) is 3.39. The zero-order valence-electron chi connectivity index (χ0n) is 12.6. The number of benzene rings is 1. The number of rotatable bonds is 4. The van der Waals surface area contributed by atoms with E-state index in [2.05, 4.69) is 54.1 Å². The number of fused-ring (bicyclic) bond motifs is 1. The second-order valence-electron chi connectivity index (χ2n) is 5.48. The first-order chi connectivity index (χ1) is 9.76. The minimum atomic E-state index is 0.525. The van der Waals surface area contributed by atoms with Crippen molar-refractivity contribution in [3.05, 3.63) is 41.2 Å². The van der Waals surface area contributed by atoms with Crippen LogP contribution in [0.1, 0.15) is 43.1 Å². The summed E-state index contributed by atoms with van der Waals surface area (Å²) < 4.78 is 2.07. The molecule has 1 aromatic heterocycles. The van der Waals surface area contributed by atoms with Gasteiger partial charge in [-0.2, -0.15) is 5.10 Å². The first kappa shape index (κ1) is 13.4. The fraction of sp³-hybridized carbons (Fsp3) is 0.471. The third kappa shape index (κ3) is 2.06. The van der Waals surface area contributed by atoms with Crippen molar-refractivity contribution >= 4 is 0 Å². The number of aryl methyl sites for hydroxylation is 1. The monoisotopic (exact) mass is 269 g/mol.